The van der Waals surface area contributed by atoms with Crippen LogP contribution in [0.5, 0.6) is 0 Å². The molecule has 0 aliphatic carbocycles. The summed E-state index contributed by atoms with van der Waals surface area (Å²) < 4.78 is 22.0. The standard InChI is InChI=1S/C5H14N2O7P2/c8-5(15(9,10)11,16(12,13)14)3-7-2-1-6-4-7/h6,8H,1-4H2,(H2,9,10,11)(H2,12,13,14). The molecule has 1 aliphatic rings. The van der Waals surface area contributed by atoms with E-state index in [9.17, 15) is 14.2 Å². The van der Waals surface area contributed by atoms with Crippen LogP contribution in [0.1, 0.15) is 0 Å². The molecule has 1 saturated heterocycles. The van der Waals surface area contributed by atoms with Crippen molar-refractivity contribution in [2.24, 2.45) is 0 Å². The van der Waals surface area contributed by atoms with Crippen LogP contribution in [-0.4, -0.2) is 61.0 Å². The summed E-state index contributed by atoms with van der Waals surface area (Å²) in [6.45, 7) is 0.303. The Kier molecular flexibility index (Phi) is 3.96. The van der Waals surface area contributed by atoms with Crippen LogP contribution in [0.4, 0.5) is 0 Å². The van der Waals surface area contributed by atoms with Crippen molar-refractivity contribution in [2.75, 3.05) is 26.3 Å². The molecule has 1 aliphatic heterocycles. The third-order valence-electron chi connectivity index (χ3n) is 2.31. The van der Waals surface area contributed by atoms with Crippen molar-refractivity contribution in [2.45, 2.75) is 5.08 Å². The first-order chi connectivity index (χ1) is 7.08. The van der Waals surface area contributed by atoms with Crippen LogP contribution in [0.25, 0.3) is 0 Å². The third-order valence-corrected chi connectivity index (χ3v) is 6.02. The molecule has 1 fully saturated rings. The molecule has 0 aromatic carbocycles. The van der Waals surface area contributed by atoms with Gasteiger partial charge in [-0.1, -0.05) is 0 Å². The molecular weight excluding hydrogens is 262 g/mol. The van der Waals surface area contributed by atoms with E-state index < -0.39 is 26.8 Å². The normalized spacial score (nSPS) is 20.3. The lowest BCUT2D eigenvalue weighted by Gasteiger charge is -2.32. The SMILES string of the molecule is O=P(O)(O)C(O)(CN1CCNC1)P(=O)(O)O. The van der Waals surface area contributed by atoms with Crippen LogP contribution < -0.4 is 5.32 Å². The van der Waals surface area contributed by atoms with Gasteiger partial charge in [-0.05, 0) is 0 Å². The Morgan fingerprint density at radius 1 is 1.19 bits per heavy atom. The number of hydrogen-bond acceptors (Lipinski definition) is 5. The Bertz CT molecular complexity index is 321. The number of nitrogens with zero attached hydrogens (tertiary/aromatic N) is 1. The fourth-order valence-corrected chi connectivity index (χ4v) is 3.47. The molecular formula is C5H14N2O7P2. The summed E-state index contributed by atoms with van der Waals surface area (Å²) >= 11 is 0. The summed E-state index contributed by atoms with van der Waals surface area (Å²) in [5.41, 5.74) is 0. The molecule has 0 spiro atoms. The van der Waals surface area contributed by atoms with Gasteiger partial charge in [0.05, 0.1) is 6.54 Å². The van der Waals surface area contributed by atoms with Gasteiger partial charge in [-0.15, -0.1) is 0 Å². The molecule has 16 heavy (non-hydrogen) atoms. The minimum atomic E-state index is -5.34. The van der Waals surface area contributed by atoms with Crippen molar-refractivity contribution in [3.05, 3.63) is 0 Å². The molecule has 6 N–H and O–H groups in total. The molecule has 1 rings (SSSR count). The van der Waals surface area contributed by atoms with Gasteiger partial charge >= 0.3 is 15.2 Å². The zero-order valence-corrected chi connectivity index (χ0v) is 10.0. The predicted octanol–water partition coefficient (Wildman–Crippen LogP) is -2.15. The first kappa shape index (κ1) is 14.2. The molecule has 0 atom stereocenters. The summed E-state index contributed by atoms with van der Waals surface area (Å²) in [6.07, 6.45) is 0. The van der Waals surface area contributed by atoms with E-state index in [1.807, 2.05) is 0 Å². The van der Waals surface area contributed by atoms with Crippen LogP contribution in [0.15, 0.2) is 0 Å². The lowest BCUT2D eigenvalue weighted by atomic mass is 10.5. The minimum Gasteiger partial charge on any atom is -0.367 e. The number of rotatable bonds is 4. The summed E-state index contributed by atoms with van der Waals surface area (Å²) in [4.78, 5) is 36.7. The van der Waals surface area contributed by atoms with Crippen LogP contribution >= 0.6 is 15.2 Å². The second-order valence-electron chi connectivity index (χ2n) is 3.57. The van der Waals surface area contributed by atoms with Gasteiger partial charge in [-0.3, -0.25) is 14.0 Å². The van der Waals surface area contributed by atoms with Crippen LogP contribution in [0.3, 0.4) is 0 Å². The summed E-state index contributed by atoms with van der Waals surface area (Å²) in [5, 5.41) is 9.01. The Balaban J connectivity index is 2.96. The fourth-order valence-electron chi connectivity index (χ4n) is 1.34. The van der Waals surface area contributed by atoms with E-state index in [2.05, 4.69) is 5.32 Å². The van der Waals surface area contributed by atoms with E-state index in [1.165, 1.54) is 4.90 Å². The van der Waals surface area contributed by atoms with Gasteiger partial charge in [0, 0.05) is 19.8 Å². The van der Waals surface area contributed by atoms with E-state index >= 15 is 0 Å². The summed E-state index contributed by atoms with van der Waals surface area (Å²) in [5.74, 6) is 0. The average molecular weight is 276 g/mol. The third kappa shape index (κ3) is 2.70. The van der Waals surface area contributed by atoms with Crippen molar-refractivity contribution in [1.29, 1.82) is 0 Å². The highest BCUT2D eigenvalue weighted by molar-refractivity contribution is 7.72. The Morgan fingerprint density at radius 3 is 2.00 bits per heavy atom. The average Bonchev–Trinajstić information content (AvgIpc) is 2.52. The molecule has 0 saturated carbocycles. The van der Waals surface area contributed by atoms with Gasteiger partial charge in [0.15, 0.2) is 0 Å². The maximum atomic E-state index is 11.0. The topological polar surface area (TPSA) is 151 Å². The van der Waals surface area contributed by atoms with E-state index in [-0.39, 0.29) is 6.67 Å². The van der Waals surface area contributed by atoms with Gasteiger partial charge in [0.25, 0.3) is 5.08 Å². The Hall–Kier alpha value is 0.180. The minimum absolute atomic E-state index is 0.211. The van der Waals surface area contributed by atoms with E-state index in [0.29, 0.717) is 13.1 Å². The first-order valence-electron chi connectivity index (χ1n) is 4.35. The lowest BCUT2D eigenvalue weighted by molar-refractivity contribution is 0.0952. The molecule has 1 heterocycles. The second-order valence-corrected chi connectivity index (χ2v) is 7.58. The molecule has 96 valence electrons. The van der Waals surface area contributed by atoms with Gasteiger partial charge in [0.1, 0.15) is 0 Å². The maximum Gasteiger partial charge on any atom is 0.370 e. The second kappa shape index (κ2) is 4.45. The van der Waals surface area contributed by atoms with E-state index in [0.717, 1.165) is 0 Å². The van der Waals surface area contributed by atoms with E-state index in [1.54, 1.807) is 0 Å². The smallest absolute Gasteiger partial charge is 0.367 e. The highest BCUT2D eigenvalue weighted by atomic mass is 31.2. The van der Waals surface area contributed by atoms with Crippen molar-refractivity contribution < 1.29 is 33.8 Å². The number of hydrogen-bond donors (Lipinski definition) is 6. The molecule has 9 nitrogen and oxygen atoms in total. The largest absolute Gasteiger partial charge is 0.370 e. The van der Waals surface area contributed by atoms with Gasteiger partial charge in [0.2, 0.25) is 0 Å². The van der Waals surface area contributed by atoms with Gasteiger partial charge < -0.3 is 30.0 Å². The number of nitrogens with one attached hydrogen (secondary N) is 1. The van der Waals surface area contributed by atoms with Gasteiger partial charge in [-0.2, -0.15) is 0 Å². The van der Waals surface area contributed by atoms with Crippen molar-refractivity contribution >= 4 is 15.2 Å². The zero-order valence-electron chi connectivity index (χ0n) is 8.22. The molecule has 0 aromatic heterocycles. The Morgan fingerprint density at radius 2 is 1.69 bits per heavy atom. The van der Waals surface area contributed by atoms with Crippen molar-refractivity contribution in [1.82, 2.24) is 10.2 Å². The summed E-state index contributed by atoms with van der Waals surface area (Å²) in [7, 11) is -10.7. The highest BCUT2D eigenvalue weighted by Crippen LogP contribution is 2.67. The molecule has 11 heteroatoms. The number of aliphatic hydroxyl groups is 1. The molecule has 0 amide bonds. The molecule has 0 aromatic rings. The van der Waals surface area contributed by atoms with Gasteiger partial charge in [-0.25, -0.2) is 0 Å². The Labute approximate surface area is 91.4 Å². The lowest BCUT2D eigenvalue weighted by Crippen LogP contribution is -2.42. The van der Waals surface area contributed by atoms with Crippen molar-refractivity contribution in [3.63, 3.8) is 0 Å². The van der Waals surface area contributed by atoms with E-state index in [4.69, 9.17) is 19.6 Å². The quantitative estimate of drug-likeness (QED) is 0.316. The van der Waals surface area contributed by atoms with Crippen LogP contribution in [0.2, 0.25) is 0 Å². The zero-order chi connectivity index (χ0) is 12.6. The molecule has 0 radical (unpaired) electrons. The first-order valence-corrected chi connectivity index (χ1v) is 7.57. The number of β-amino-alcohol motifs (C(OH)–C–C–N with tert-alkyl or cyclic N) is 1. The van der Waals surface area contributed by atoms with Crippen LogP contribution in [-0.2, 0) is 9.13 Å². The predicted molar refractivity (Wildman–Crippen MR) is 53.5 cm³/mol. The monoisotopic (exact) mass is 276 g/mol. The maximum absolute atomic E-state index is 11.0. The van der Waals surface area contributed by atoms with Crippen LogP contribution in [0, 0.1) is 0 Å². The fraction of sp³-hybridized carbons (Fsp3) is 1.00. The summed E-state index contributed by atoms with van der Waals surface area (Å²) in [6, 6.07) is 0. The molecule has 0 unspecified atom stereocenters. The molecule has 0 bridgehead atoms. The van der Waals surface area contributed by atoms with Crippen molar-refractivity contribution in [3.8, 4) is 0 Å². The highest BCUT2D eigenvalue weighted by Gasteiger charge is 2.60.